The minimum atomic E-state index is -0.0571. The molecule has 0 aliphatic rings. The zero-order valence-corrected chi connectivity index (χ0v) is 8.65. The Morgan fingerprint density at radius 1 is 1.08 bits per heavy atom. The van der Waals surface area contributed by atoms with Crippen LogP contribution in [0.3, 0.4) is 0 Å². The zero-order chi connectivity index (χ0) is 9.94. The van der Waals surface area contributed by atoms with Gasteiger partial charge in [-0.2, -0.15) is 0 Å². The molecule has 4 heteroatoms. The Morgan fingerprint density at radius 3 is 2.38 bits per heavy atom. The summed E-state index contributed by atoms with van der Waals surface area (Å²) in [5.41, 5.74) is 0. The Balaban J connectivity index is 3.08. The highest BCUT2D eigenvalue weighted by Gasteiger charge is 1.95. The fraction of sp³-hybridized carbons (Fsp3) is 0.889. The summed E-state index contributed by atoms with van der Waals surface area (Å²) in [7, 11) is 0. The lowest BCUT2D eigenvalue weighted by Crippen LogP contribution is -2.37. The average Bonchev–Trinajstić information content (AvgIpc) is 2.14. The van der Waals surface area contributed by atoms with Crippen LogP contribution >= 0.6 is 0 Å². The van der Waals surface area contributed by atoms with Crippen molar-refractivity contribution < 1.29 is 4.79 Å². The topological polar surface area (TPSA) is 53.2 Å². The molecule has 0 saturated carbocycles. The second kappa shape index (κ2) is 9.32. The van der Waals surface area contributed by atoms with Crippen LogP contribution in [0.4, 0.5) is 4.79 Å². The maximum atomic E-state index is 11.0. The average molecular weight is 187 g/mol. The van der Waals surface area contributed by atoms with Crippen molar-refractivity contribution >= 4 is 6.03 Å². The lowest BCUT2D eigenvalue weighted by molar-refractivity contribution is 0.241. The van der Waals surface area contributed by atoms with Crippen LogP contribution in [0.15, 0.2) is 0 Å². The van der Waals surface area contributed by atoms with Crippen molar-refractivity contribution in [2.45, 2.75) is 26.7 Å². The molecule has 0 radical (unpaired) electrons. The van der Waals surface area contributed by atoms with Crippen LogP contribution in [0.1, 0.15) is 26.7 Å². The Bertz CT molecular complexity index is 128. The quantitative estimate of drug-likeness (QED) is 0.514. The fourth-order valence-corrected chi connectivity index (χ4v) is 0.893. The second-order valence-electron chi connectivity index (χ2n) is 2.89. The Hall–Kier alpha value is -0.770. The molecule has 0 atom stereocenters. The van der Waals surface area contributed by atoms with Crippen LogP contribution in [0.25, 0.3) is 0 Å². The molecule has 3 N–H and O–H groups in total. The number of carbonyl (C=O) groups excluding carboxylic acids is 1. The largest absolute Gasteiger partial charge is 0.338 e. The van der Waals surface area contributed by atoms with Gasteiger partial charge in [0.2, 0.25) is 0 Å². The van der Waals surface area contributed by atoms with Gasteiger partial charge in [-0.25, -0.2) is 4.79 Å². The van der Waals surface area contributed by atoms with E-state index in [4.69, 9.17) is 0 Å². The first-order valence-corrected chi connectivity index (χ1v) is 5.03. The highest BCUT2D eigenvalue weighted by molar-refractivity contribution is 5.73. The SMILES string of the molecule is CCCNC(=O)NCCCNCC. The smallest absolute Gasteiger partial charge is 0.314 e. The number of hydrogen-bond acceptors (Lipinski definition) is 2. The molecule has 0 aromatic rings. The molecular formula is C9H21N3O. The third-order valence-electron chi connectivity index (χ3n) is 1.60. The first kappa shape index (κ1) is 12.2. The van der Waals surface area contributed by atoms with E-state index in [9.17, 15) is 4.79 Å². The van der Waals surface area contributed by atoms with Gasteiger partial charge in [-0.3, -0.25) is 0 Å². The Labute approximate surface area is 80.5 Å². The van der Waals surface area contributed by atoms with E-state index in [1.165, 1.54) is 0 Å². The lowest BCUT2D eigenvalue weighted by Gasteiger charge is -2.06. The summed E-state index contributed by atoms with van der Waals surface area (Å²) in [5.74, 6) is 0. The summed E-state index contributed by atoms with van der Waals surface area (Å²) < 4.78 is 0. The summed E-state index contributed by atoms with van der Waals surface area (Å²) in [4.78, 5) is 11.0. The van der Waals surface area contributed by atoms with E-state index in [0.29, 0.717) is 0 Å². The van der Waals surface area contributed by atoms with Gasteiger partial charge in [-0.05, 0) is 25.9 Å². The predicted molar refractivity (Wildman–Crippen MR) is 54.9 cm³/mol. The summed E-state index contributed by atoms with van der Waals surface area (Å²) in [6, 6.07) is -0.0571. The maximum absolute atomic E-state index is 11.0. The molecule has 0 aliphatic heterocycles. The van der Waals surface area contributed by atoms with Gasteiger partial charge in [-0.15, -0.1) is 0 Å². The fourth-order valence-electron chi connectivity index (χ4n) is 0.893. The monoisotopic (exact) mass is 187 g/mol. The van der Waals surface area contributed by atoms with Crippen LogP contribution in [0.2, 0.25) is 0 Å². The number of urea groups is 1. The number of rotatable bonds is 7. The Morgan fingerprint density at radius 2 is 1.77 bits per heavy atom. The van der Waals surface area contributed by atoms with Crippen molar-refractivity contribution in [2.24, 2.45) is 0 Å². The molecule has 0 spiro atoms. The highest BCUT2D eigenvalue weighted by atomic mass is 16.2. The third-order valence-corrected chi connectivity index (χ3v) is 1.60. The molecule has 0 aliphatic carbocycles. The highest BCUT2D eigenvalue weighted by Crippen LogP contribution is 1.75. The van der Waals surface area contributed by atoms with E-state index in [0.717, 1.165) is 39.0 Å². The number of carbonyl (C=O) groups is 1. The van der Waals surface area contributed by atoms with Gasteiger partial charge >= 0.3 is 6.03 Å². The number of nitrogens with one attached hydrogen (secondary N) is 3. The second-order valence-corrected chi connectivity index (χ2v) is 2.89. The molecule has 0 unspecified atom stereocenters. The lowest BCUT2D eigenvalue weighted by atomic mass is 10.4. The normalized spacial score (nSPS) is 9.69. The van der Waals surface area contributed by atoms with E-state index in [1.54, 1.807) is 0 Å². The van der Waals surface area contributed by atoms with Crippen LogP contribution in [0.5, 0.6) is 0 Å². The zero-order valence-electron chi connectivity index (χ0n) is 8.65. The van der Waals surface area contributed by atoms with Crippen molar-refractivity contribution in [3.63, 3.8) is 0 Å². The van der Waals surface area contributed by atoms with Gasteiger partial charge in [0, 0.05) is 13.1 Å². The first-order valence-electron chi connectivity index (χ1n) is 5.03. The van der Waals surface area contributed by atoms with Gasteiger partial charge in [0.15, 0.2) is 0 Å². The number of hydrogen-bond donors (Lipinski definition) is 3. The minimum Gasteiger partial charge on any atom is -0.338 e. The molecule has 0 fully saturated rings. The van der Waals surface area contributed by atoms with Gasteiger partial charge < -0.3 is 16.0 Å². The molecule has 0 aromatic heterocycles. The van der Waals surface area contributed by atoms with Crippen molar-refractivity contribution in [3.05, 3.63) is 0 Å². The van der Waals surface area contributed by atoms with Gasteiger partial charge in [-0.1, -0.05) is 13.8 Å². The van der Waals surface area contributed by atoms with Gasteiger partial charge in [0.25, 0.3) is 0 Å². The molecule has 4 nitrogen and oxygen atoms in total. The van der Waals surface area contributed by atoms with E-state index in [-0.39, 0.29) is 6.03 Å². The summed E-state index contributed by atoms with van der Waals surface area (Å²) >= 11 is 0. The standard InChI is InChI=1S/C9H21N3O/c1-3-6-11-9(13)12-8-5-7-10-4-2/h10H,3-8H2,1-2H3,(H2,11,12,13). The van der Waals surface area contributed by atoms with Crippen molar-refractivity contribution in [2.75, 3.05) is 26.2 Å². The summed E-state index contributed by atoms with van der Waals surface area (Å²) in [6.07, 6.45) is 1.96. The maximum Gasteiger partial charge on any atom is 0.314 e. The molecule has 0 rings (SSSR count). The van der Waals surface area contributed by atoms with Crippen LogP contribution in [-0.2, 0) is 0 Å². The van der Waals surface area contributed by atoms with Gasteiger partial charge in [0.05, 0.1) is 0 Å². The van der Waals surface area contributed by atoms with E-state index in [2.05, 4.69) is 22.9 Å². The van der Waals surface area contributed by atoms with Crippen molar-refractivity contribution in [1.29, 1.82) is 0 Å². The van der Waals surface area contributed by atoms with E-state index >= 15 is 0 Å². The molecule has 0 saturated heterocycles. The molecular weight excluding hydrogens is 166 g/mol. The van der Waals surface area contributed by atoms with Crippen LogP contribution < -0.4 is 16.0 Å². The number of amides is 2. The summed E-state index contributed by atoms with van der Waals surface area (Å²) in [6.45, 7) is 7.54. The van der Waals surface area contributed by atoms with Crippen LogP contribution in [-0.4, -0.2) is 32.2 Å². The minimum absolute atomic E-state index is 0.0571. The molecule has 13 heavy (non-hydrogen) atoms. The van der Waals surface area contributed by atoms with E-state index in [1.807, 2.05) is 6.92 Å². The molecule has 2 amide bonds. The van der Waals surface area contributed by atoms with Crippen LogP contribution in [0, 0.1) is 0 Å². The molecule has 0 bridgehead atoms. The molecule has 78 valence electrons. The van der Waals surface area contributed by atoms with E-state index < -0.39 is 0 Å². The van der Waals surface area contributed by atoms with Crippen molar-refractivity contribution in [1.82, 2.24) is 16.0 Å². The van der Waals surface area contributed by atoms with Gasteiger partial charge in [0.1, 0.15) is 0 Å². The third kappa shape index (κ3) is 9.14. The predicted octanol–water partition coefficient (Wildman–Crippen LogP) is 0.695. The summed E-state index contributed by atoms with van der Waals surface area (Å²) in [5, 5.41) is 8.73. The first-order chi connectivity index (χ1) is 6.31. The molecule has 0 aromatic carbocycles. The Kier molecular flexibility index (Phi) is 8.77. The van der Waals surface area contributed by atoms with Crippen molar-refractivity contribution in [3.8, 4) is 0 Å². The molecule has 0 heterocycles.